The molecule has 47 heavy (non-hydrogen) atoms. The van der Waals surface area contributed by atoms with Crippen LogP contribution in [0.5, 0.6) is 0 Å². The van der Waals surface area contributed by atoms with Gasteiger partial charge in [0.1, 0.15) is 25.2 Å². The molecule has 0 spiro atoms. The predicted octanol–water partition coefficient (Wildman–Crippen LogP) is -2.69. The van der Waals surface area contributed by atoms with Crippen LogP contribution >= 0.6 is 0 Å². The fourth-order valence-corrected chi connectivity index (χ4v) is 3.66. The van der Waals surface area contributed by atoms with Gasteiger partial charge in [0.15, 0.2) is 0 Å². The highest BCUT2D eigenvalue weighted by Crippen LogP contribution is 2.06. The van der Waals surface area contributed by atoms with E-state index in [-0.39, 0.29) is 25.9 Å². The number of aliphatic carboxylic acids is 4. The Balaban J connectivity index is 2.44. The molecule has 11 N–H and O–H groups in total. The largest absolute Gasteiger partial charge is 0.481 e. The molecule has 0 radical (unpaired) electrons. The van der Waals surface area contributed by atoms with E-state index in [1.165, 1.54) is 0 Å². The maximum Gasteiger partial charge on any atom is 0.326 e. The van der Waals surface area contributed by atoms with E-state index >= 15 is 0 Å². The second kappa shape index (κ2) is 20.9. The summed E-state index contributed by atoms with van der Waals surface area (Å²) < 4.78 is 0. The van der Waals surface area contributed by atoms with Crippen LogP contribution in [-0.4, -0.2) is 112 Å². The molecular formula is C27H37N7O13. The second-order valence-electron chi connectivity index (χ2n) is 9.82. The third-order valence-electron chi connectivity index (χ3n) is 5.94. The van der Waals surface area contributed by atoms with E-state index in [4.69, 9.17) is 15.3 Å². The van der Waals surface area contributed by atoms with Gasteiger partial charge in [-0.15, -0.1) is 0 Å². The summed E-state index contributed by atoms with van der Waals surface area (Å²) in [7, 11) is 0. The minimum atomic E-state index is -1.50. The van der Waals surface area contributed by atoms with Crippen molar-refractivity contribution in [3.8, 4) is 0 Å². The first-order valence-electron chi connectivity index (χ1n) is 14.0. The van der Waals surface area contributed by atoms with Gasteiger partial charge in [0.05, 0.1) is 19.4 Å². The monoisotopic (exact) mass is 667 g/mol. The van der Waals surface area contributed by atoms with Crippen molar-refractivity contribution in [1.29, 1.82) is 0 Å². The summed E-state index contributed by atoms with van der Waals surface area (Å²) in [5.41, 5.74) is 1.18. The number of rotatable bonds is 21. The van der Waals surface area contributed by atoms with Crippen molar-refractivity contribution < 1.29 is 63.6 Å². The Bertz CT molecular complexity index is 1300. The summed E-state index contributed by atoms with van der Waals surface area (Å²) in [5.74, 6) is -7.72. The third-order valence-corrected chi connectivity index (χ3v) is 5.94. The van der Waals surface area contributed by atoms with Crippen LogP contribution in [0.25, 0.3) is 0 Å². The van der Waals surface area contributed by atoms with Crippen molar-refractivity contribution in [2.45, 2.75) is 50.7 Å². The lowest BCUT2D eigenvalue weighted by Crippen LogP contribution is -2.50. The third kappa shape index (κ3) is 18.5. The number of hydrogen-bond acceptors (Lipinski definition) is 9. The maximum absolute atomic E-state index is 12.5. The first-order chi connectivity index (χ1) is 22.2. The van der Waals surface area contributed by atoms with Crippen molar-refractivity contribution in [3.63, 3.8) is 0 Å². The number of carbonyl (C=O) groups excluding carboxylic acids is 5. The van der Waals surface area contributed by atoms with Crippen LogP contribution in [0.1, 0.15) is 36.8 Å². The molecule has 1 rings (SSSR count). The van der Waals surface area contributed by atoms with Crippen molar-refractivity contribution >= 4 is 53.7 Å². The fraction of sp³-hybridized carbons (Fsp3) is 0.444. The lowest BCUT2D eigenvalue weighted by molar-refractivity contribution is -0.141. The van der Waals surface area contributed by atoms with E-state index in [1.54, 1.807) is 24.3 Å². The van der Waals surface area contributed by atoms with Gasteiger partial charge in [-0.2, -0.15) is 0 Å². The molecule has 7 amide bonds. The minimum absolute atomic E-state index is 0.0474. The lowest BCUT2D eigenvalue weighted by Gasteiger charge is -2.17. The molecule has 0 saturated heterocycles. The highest BCUT2D eigenvalue weighted by Gasteiger charge is 2.24. The molecule has 0 bridgehead atoms. The van der Waals surface area contributed by atoms with Gasteiger partial charge < -0.3 is 57.6 Å². The Morgan fingerprint density at radius 2 is 1.19 bits per heavy atom. The summed E-state index contributed by atoms with van der Waals surface area (Å²) in [6.45, 7) is -1.64. The average Bonchev–Trinajstić information content (AvgIpc) is 2.99. The highest BCUT2D eigenvalue weighted by molar-refractivity contribution is 5.93. The number of unbranched alkanes of at least 4 members (excludes halogenated alkanes) is 1. The number of urea groups is 2. The van der Waals surface area contributed by atoms with Gasteiger partial charge in [0.2, 0.25) is 17.7 Å². The van der Waals surface area contributed by atoms with Crippen molar-refractivity contribution in [3.05, 3.63) is 35.4 Å². The number of amides is 7. The summed E-state index contributed by atoms with van der Waals surface area (Å²) in [6, 6.07) is 2.26. The van der Waals surface area contributed by atoms with Crippen molar-refractivity contribution in [2.24, 2.45) is 0 Å². The fourth-order valence-electron chi connectivity index (χ4n) is 3.66. The number of hydrogen-bond donors (Lipinski definition) is 11. The molecule has 0 saturated carbocycles. The summed E-state index contributed by atoms with van der Waals surface area (Å²) in [5, 5.41) is 51.2. The molecule has 0 aliphatic heterocycles. The number of benzene rings is 1. The maximum atomic E-state index is 12.5. The number of carboxylic acids is 4. The normalized spacial score (nSPS) is 11.5. The van der Waals surface area contributed by atoms with Crippen LogP contribution < -0.4 is 37.2 Å². The first kappa shape index (κ1) is 39.1. The summed E-state index contributed by atoms with van der Waals surface area (Å²) in [6.07, 6.45) is -0.216. The molecule has 1 unspecified atom stereocenters. The topological polar surface area (TPSA) is 319 Å². The van der Waals surface area contributed by atoms with Crippen molar-refractivity contribution in [1.82, 2.24) is 37.2 Å². The molecule has 0 aliphatic carbocycles. The molecule has 0 heterocycles. The Hall–Kier alpha value is -5.95. The SMILES string of the molecule is O=C(O)CNC(=O)CNC(=O)[C@H](CC(=O)O)NC(=O)Cc1ccc(CNC(=O)NCCCCC(NC(=O)NCC(=O)O)C(=O)O)cc1. The van der Waals surface area contributed by atoms with Crippen LogP contribution in [0.4, 0.5) is 9.59 Å². The van der Waals surface area contributed by atoms with E-state index in [2.05, 4.69) is 26.6 Å². The predicted molar refractivity (Wildman–Crippen MR) is 158 cm³/mol. The zero-order valence-corrected chi connectivity index (χ0v) is 25.0. The smallest absolute Gasteiger partial charge is 0.326 e. The van der Waals surface area contributed by atoms with E-state index in [0.717, 1.165) is 0 Å². The molecule has 20 heteroatoms. The molecule has 20 nitrogen and oxygen atoms in total. The Morgan fingerprint density at radius 1 is 0.574 bits per heavy atom. The quantitative estimate of drug-likeness (QED) is 0.0596. The van der Waals surface area contributed by atoms with Crippen LogP contribution in [0.2, 0.25) is 0 Å². The van der Waals surface area contributed by atoms with Gasteiger partial charge >= 0.3 is 35.9 Å². The number of nitrogens with one attached hydrogen (secondary N) is 7. The highest BCUT2D eigenvalue weighted by atomic mass is 16.4. The van der Waals surface area contributed by atoms with Gasteiger partial charge in [-0.3, -0.25) is 28.8 Å². The standard InChI is InChI=1S/C27H37N7O13/c35-19(33-18(10-21(37)38)24(43)30-12-20(36)29-13-22(39)40)9-15-4-6-16(7-5-15)11-31-26(46)28-8-2-1-3-17(25(44)45)34-27(47)32-14-23(41)42/h4-7,17-18H,1-3,8-14H2,(H,29,36)(H,30,43)(H,33,35)(H,37,38)(H,39,40)(H,41,42)(H,44,45)(H2,28,31,46)(H2,32,34,47)/t17?,18-/m0/s1. The summed E-state index contributed by atoms with van der Waals surface area (Å²) >= 11 is 0. The van der Waals surface area contributed by atoms with Crippen LogP contribution in [-0.2, 0) is 46.5 Å². The van der Waals surface area contributed by atoms with Crippen LogP contribution in [0.15, 0.2) is 24.3 Å². The first-order valence-corrected chi connectivity index (χ1v) is 14.0. The van der Waals surface area contributed by atoms with Gasteiger partial charge in [0, 0.05) is 13.1 Å². The molecule has 0 fully saturated rings. The molecule has 0 aromatic heterocycles. The zero-order chi connectivity index (χ0) is 35.4. The number of carboxylic acid groups (broad SMARTS) is 4. The molecule has 1 aromatic carbocycles. The average molecular weight is 668 g/mol. The van der Waals surface area contributed by atoms with E-state index in [1.807, 2.05) is 10.6 Å². The Labute approximate surface area is 267 Å². The molecule has 258 valence electrons. The van der Waals surface area contributed by atoms with Gasteiger partial charge in [-0.1, -0.05) is 24.3 Å². The van der Waals surface area contributed by atoms with Crippen LogP contribution in [0, 0.1) is 0 Å². The van der Waals surface area contributed by atoms with E-state index < -0.39 is 91.8 Å². The van der Waals surface area contributed by atoms with Gasteiger partial charge in [-0.05, 0) is 30.4 Å². The molecular weight excluding hydrogens is 630 g/mol. The van der Waals surface area contributed by atoms with Gasteiger partial charge in [-0.25, -0.2) is 14.4 Å². The molecule has 2 atom stereocenters. The van der Waals surface area contributed by atoms with E-state index in [9.17, 15) is 48.3 Å². The van der Waals surface area contributed by atoms with Gasteiger partial charge in [0.25, 0.3) is 0 Å². The molecule has 1 aromatic rings. The lowest BCUT2D eigenvalue weighted by atomic mass is 10.1. The number of carbonyl (C=O) groups is 9. The zero-order valence-electron chi connectivity index (χ0n) is 25.0. The Morgan fingerprint density at radius 3 is 1.79 bits per heavy atom. The van der Waals surface area contributed by atoms with Crippen molar-refractivity contribution in [2.75, 3.05) is 26.2 Å². The van der Waals surface area contributed by atoms with Crippen LogP contribution in [0.3, 0.4) is 0 Å². The minimum Gasteiger partial charge on any atom is -0.481 e. The Kier molecular flexibility index (Phi) is 17.4. The molecule has 0 aliphatic rings. The second-order valence-corrected chi connectivity index (χ2v) is 9.82. The summed E-state index contributed by atoms with van der Waals surface area (Å²) in [4.78, 5) is 103. The van der Waals surface area contributed by atoms with E-state index in [0.29, 0.717) is 24.0 Å².